The van der Waals surface area contributed by atoms with E-state index in [-0.39, 0.29) is 18.1 Å². The van der Waals surface area contributed by atoms with E-state index in [1.54, 1.807) is 18.2 Å². The fraction of sp³-hybridized carbons (Fsp3) is 0.481. The Balaban J connectivity index is 1.29. The fourth-order valence-electron chi connectivity index (χ4n) is 4.85. The number of ether oxygens (including phenoxy) is 1. The minimum absolute atomic E-state index is 0.0194. The average molecular weight is 466 g/mol. The van der Waals surface area contributed by atoms with Gasteiger partial charge in [0.05, 0.1) is 16.7 Å². The smallest absolute Gasteiger partial charge is 0.251 e. The summed E-state index contributed by atoms with van der Waals surface area (Å²) >= 11 is 6.11. The van der Waals surface area contributed by atoms with Crippen molar-refractivity contribution < 1.29 is 9.53 Å². The van der Waals surface area contributed by atoms with Crippen LogP contribution >= 0.6 is 11.6 Å². The van der Waals surface area contributed by atoms with E-state index in [1.165, 1.54) is 11.1 Å². The van der Waals surface area contributed by atoms with E-state index in [0.717, 1.165) is 57.2 Å². The molecule has 2 aromatic rings. The maximum Gasteiger partial charge on any atom is 0.251 e. The molecule has 174 valence electrons. The molecule has 5 nitrogen and oxygen atoms in total. The minimum atomic E-state index is 0.0194. The molecule has 6 heteroatoms. The maximum atomic E-state index is 12.9. The number of hydrogen-bond donors (Lipinski definition) is 1. The van der Waals surface area contributed by atoms with E-state index in [9.17, 15) is 4.79 Å². The van der Waals surface area contributed by atoms with Gasteiger partial charge in [-0.3, -0.25) is 4.79 Å². The van der Waals surface area contributed by atoms with Crippen LogP contribution in [-0.2, 0) is 12.8 Å². The van der Waals surface area contributed by atoms with Gasteiger partial charge in [0.1, 0.15) is 11.8 Å². The van der Waals surface area contributed by atoms with Crippen LogP contribution < -0.4 is 10.1 Å². The Morgan fingerprint density at radius 3 is 2.48 bits per heavy atom. The van der Waals surface area contributed by atoms with Crippen LogP contribution in [0.3, 0.4) is 0 Å². The van der Waals surface area contributed by atoms with E-state index < -0.39 is 0 Å². The summed E-state index contributed by atoms with van der Waals surface area (Å²) in [5.74, 6) is 0.707. The van der Waals surface area contributed by atoms with Gasteiger partial charge in [0.25, 0.3) is 5.91 Å². The zero-order chi connectivity index (χ0) is 23.4. The number of carbonyl (C=O) groups is 1. The van der Waals surface area contributed by atoms with Gasteiger partial charge < -0.3 is 15.0 Å². The molecule has 1 saturated carbocycles. The lowest BCUT2D eigenvalue weighted by molar-refractivity contribution is 0.0894. The fourth-order valence-corrected chi connectivity index (χ4v) is 5.06. The Morgan fingerprint density at radius 1 is 1.09 bits per heavy atom. The van der Waals surface area contributed by atoms with Crippen molar-refractivity contribution >= 4 is 17.5 Å². The molecule has 1 aliphatic carbocycles. The third kappa shape index (κ3) is 5.88. The number of nitrogens with zero attached hydrogens (tertiary/aromatic N) is 2. The summed E-state index contributed by atoms with van der Waals surface area (Å²) in [6, 6.07) is 14.2. The Hall–Kier alpha value is -2.55. The summed E-state index contributed by atoms with van der Waals surface area (Å²) in [7, 11) is 0. The molecule has 4 rings (SSSR count). The summed E-state index contributed by atoms with van der Waals surface area (Å²) in [6.07, 6.45) is 5.65. The monoisotopic (exact) mass is 465 g/mol. The Bertz CT molecular complexity index is 1040. The van der Waals surface area contributed by atoms with Crippen molar-refractivity contribution in [1.29, 1.82) is 5.26 Å². The van der Waals surface area contributed by atoms with Crippen molar-refractivity contribution in [2.75, 3.05) is 13.1 Å². The third-order valence-electron chi connectivity index (χ3n) is 6.91. The summed E-state index contributed by atoms with van der Waals surface area (Å²) < 4.78 is 6.06. The van der Waals surface area contributed by atoms with Crippen molar-refractivity contribution in [1.82, 2.24) is 10.2 Å². The van der Waals surface area contributed by atoms with Crippen LogP contribution in [0.5, 0.6) is 5.75 Å². The molecule has 0 unspecified atom stereocenters. The molecule has 0 atom stereocenters. The van der Waals surface area contributed by atoms with Gasteiger partial charge >= 0.3 is 0 Å². The number of nitriles is 1. The average Bonchev–Trinajstić information content (AvgIpc) is 3.03. The third-order valence-corrected chi connectivity index (χ3v) is 7.22. The quantitative estimate of drug-likeness (QED) is 0.663. The second-order valence-corrected chi connectivity index (χ2v) is 9.84. The second kappa shape index (κ2) is 10.6. The molecular weight excluding hydrogens is 434 g/mol. The highest BCUT2D eigenvalue weighted by Gasteiger charge is 2.25. The molecule has 0 saturated heterocycles. The number of halogens is 1. The molecule has 2 aromatic carbocycles. The van der Waals surface area contributed by atoms with Crippen molar-refractivity contribution in [3.05, 3.63) is 63.7 Å². The van der Waals surface area contributed by atoms with Crippen LogP contribution in [0.4, 0.5) is 0 Å². The largest absolute Gasteiger partial charge is 0.490 e. The number of nitrogens with one attached hydrogen (secondary N) is 1. The van der Waals surface area contributed by atoms with Crippen molar-refractivity contribution in [2.24, 2.45) is 0 Å². The van der Waals surface area contributed by atoms with Crippen LogP contribution in [0.2, 0.25) is 5.02 Å². The number of carbonyl (C=O) groups excluding carboxylic acids is 1. The number of amides is 1. The molecule has 1 fully saturated rings. The standard InChI is InChI=1S/C27H32ClN3O2/c1-18(2)31-13-11-19-3-4-21(15-20(19)12-14-31)27(32)30-23-6-9-24(10-7-23)33-25-8-5-22(17-29)26(28)16-25/h3-5,8,15-16,18,23-24H,6-7,9-14H2,1-2H3,(H,30,32)/t23-,24-. The number of fused-ring (bicyclic) bond motifs is 1. The molecule has 0 bridgehead atoms. The number of hydrogen-bond acceptors (Lipinski definition) is 4. The summed E-state index contributed by atoms with van der Waals surface area (Å²) in [5, 5.41) is 12.6. The van der Waals surface area contributed by atoms with E-state index in [1.807, 2.05) is 6.07 Å². The lowest BCUT2D eigenvalue weighted by Gasteiger charge is -2.29. The maximum absolute atomic E-state index is 12.9. The Morgan fingerprint density at radius 2 is 1.82 bits per heavy atom. The Kier molecular flexibility index (Phi) is 7.57. The van der Waals surface area contributed by atoms with Gasteiger partial charge in [-0.25, -0.2) is 0 Å². The zero-order valence-corrected chi connectivity index (χ0v) is 20.2. The van der Waals surface area contributed by atoms with Gasteiger partial charge in [0, 0.05) is 36.8 Å². The normalized spacial score (nSPS) is 21.1. The molecule has 0 radical (unpaired) electrons. The molecule has 1 amide bonds. The molecule has 33 heavy (non-hydrogen) atoms. The summed E-state index contributed by atoms with van der Waals surface area (Å²) in [6.45, 7) is 6.61. The van der Waals surface area contributed by atoms with Crippen LogP contribution in [0.1, 0.15) is 66.6 Å². The molecule has 1 aliphatic heterocycles. The number of rotatable bonds is 5. The van der Waals surface area contributed by atoms with Gasteiger partial charge in [-0.15, -0.1) is 0 Å². The van der Waals surface area contributed by atoms with Crippen molar-refractivity contribution in [2.45, 2.75) is 70.6 Å². The van der Waals surface area contributed by atoms with Crippen LogP contribution in [0, 0.1) is 11.3 Å². The lowest BCUT2D eigenvalue weighted by Crippen LogP contribution is -2.39. The topological polar surface area (TPSA) is 65.4 Å². The number of benzene rings is 2. The summed E-state index contributed by atoms with van der Waals surface area (Å²) in [5.41, 5.74) is 3.89. The molecule has 0 aromatic heterocycles. The van der Waals surface area contributed by atoms with Gasteiger partial charge in [-0.05, 0) is 87.8 Å². The summed E-state index contributed by atoms with van der Waals surface area (Å²) in [4.78, 5) is 15.4. The highest BCUT2D eigenvalue weighted by molar-refractivity contribution is 6.31. The SMILES string of the molecule is CC(C)N1CCc2ccc(C(=O)N[C@H]3CC[C@H](Oc4ccc(C#N)c(Cl)c4)CC3)cc2CC1. The van der Waals surface area contributed by atoms with Crippen LogP contribution in [0.25, 0.3) is 0 Å². The van der Waals surface area contributed by atoms with Gasteiger partial charge in [-0.1, -0.05) is 17.7 Å². The predicted molar refractivity (Wildman–Crippen MR) is 131 cm³/mol. The van der Waals surface area contributed by atoms with E-state index in [0.29, 0.717) is 22.4 Å². The molecule has 1 N–H and O–H groups in total. The minimum Gasteiger partial charge on any atom is -0.490 e. The van der Waals surface area contributed by atoms with E-state index >= 15 is 0 Å². The van der Waals surface area contributed by atoms with E-state index in [4.69, 9.17) is 21.6 Å². The van der Waals surface area contributed by atoms with Gasteiger partial charge in [0.2, 0.25) is 0 Å². The first kappa shape index (κ1) is 23.6. The highest BCUT2D eigenvalue weighted by atomic mass is 35.5. The van der Waals surface area contributed by atoms with Gasteiger partial charge in [-0.2, -0.15) is 5.26 Å². The van der Waals surface area contributed by atoms with Crippen molar-refractivity contribution in [3.63, 3.8) is 0 Å². The molecule has 1 heterocycles. The van der Waals surface area contributed by atoms with Crippen LogP contribution in [0.15, 0.2) is 36.4 Å². The van der Waals surface area contributed by atoms with Gasteiger partial charge in [0.15, 0.2) is 0 Å². The van der Waals surface area contributed by atoms with Crippen LogP contribution in [-0.4, -0.2) is 42.1 Å². The lowest BCUT2D eigenvalue weighted by atomic mass is 9.92. The van der Waals surface area contributed by atoms with E-state index in [2.05, 4.69) is 42.3 Å². The first-order valence-electron chi connectivity index (χ1n) is 12.0. The first-order valence-corrected chi connectivity index (χ1v) is 12.3. The molecule has 0 spiro atoms. The molecule has 2 aliphatic rings. The second-order valence-electron chi connectivity index (χ2n) is 9.43. The zero-order valence-electron chi connectivity index (χ0n) is 19.4. The highest BCUT2D eigenvalue weighted by Crippen LogP contribution is 2.27. The Labute approximate surface area is 201 Å². The predicted octanol–water partition coefficient (Wildman–Crippen LogP) is 5.14. The molecular formula is C27H32ClN3O2. The van der Waals surface area contributed by atoms with Crippen molar-refractivity contribution in [3.8, 4) is 11.8 Å². The first-order chi connectivity index (χ1) is 15.9.